The summed E-state index contributed by atoms with van der Waals surface area (Å²) in [6.07, 6.45) is -2.55. The molecule has 3 N–H and O–H groups in total. The number of alkyl halides is 2. The molecule has 0 radical (unpaired) electrons. The summed E-state index contributed by atoms with van der Waals surface area (Å²) in [5, 5.41) is 1.48. The zero-order valence-electron chi connectivity index (χ0n) is 9.43. The Bertz CT molecular complexity index is 462. The van der Waals surface area contributed by atoms with Crippen molar-refractivity contribution in [3.63, 3.8) is 0 Å². The van der Waals surface area contributed by atoms with E-state index in [1.807, 2.05) is 0 Å². The molecular weight excluding hydrogens is 286 g/mol. The molecule has 0 aliphatic carbocycles. The monoisotopic (exact) mass is 300 g/mol. The summed E-state index contributed by atoms with van der Waals surface area (Å²) >= 11 is 1.25. The van der Waals surface area contributed by atoms with Gasteiger partial charge >= 0.3 is 0 Å². The topological polar surface area (TPSA) is 81.4 Å². The highest BCUT2D eigenvalue weighted by Crippen LogP contribution is 2.18. The molecule has 5 nitrogen and oxygen atoms in total. The molecule has 0 unspecified atom stereocenters. The van der Waals surface area contributed by atoms with Crippen LogP contribution in [0.15, 0.2) is 16.3 Å². The van der Waals surface area contributed by atoms with Gasteiger partial charge in [0.1, 0.15) is 6.61 Å². The molecule has 1 aromatic heterocycles. The highest BCUT2D eigenvalue weighted by molar-refractivity contribution is 7.89. The molecule has 18 heavy (non-hydrogen) atoms. The van der Waals surface area contributed by atoms with E-state index in [4.69, 9.17) is 5.73 Å². The normalized spacial score (nSPS) is 12.2. The minimum Gasteiger partial charge on any atom is -0.374 e. The molecule has 0 bridgehead atoms. The highest BCUT2D eigenvalue weighted by Gasteiger charge is 2.15. The van der Waals surface area contributed by atoms with Crippen molar-refractivity contribution in [2.45, 2.75) is 17.9 Å². The zero-order chi connectivity index (χ0) is 13.6. The largest absolute Gasteiger partial charge is 0.374 e. The van der Waals surface area contributed by atoms with E-state index >= 15 is 0 Å². The molecule has 0 saturated heterocycles. The first kappa shape index (κ1) is 15.4. The smallest absolute Gasteiger partial charge is 0.261 e. The lowest BCUT2D eigenvalue weighted by molar-refractivity contribution is 0.0199. The standard InChI is InChI=1S/C9H14F2N2O3S2/c10-9(11)5-16-2-1-13-18(14,15)8-3-7(4-12)17-6-8/h3,6,9,13H,1-2,4-5,12H2. The lowest BCUT2D eigenvalue weighted by atomic mass is 10.5. The van der Waals surface area contributed by atoms with Crippen molar-refractivity contribution >= 4 is 21.4 Å². The first-order valence-corrected chi connectivity index (χ1v) is 7.45. The Morgan fingerprint density at radius 3 is 2.78 bits per heavy atom. The molecule has 1 heterocycles. The molecule has 0 atom stereocenters. The van der Waals surface area contributed by atoms with Gasteiger partial charge in [-0.1, -0.05) is 0 Å². The van der Waals surface area contributed by atoms with Gasteiger partial charge in [0.05, 0.1) is 11.5 Å². The Hall–Kier alpha value is -0.610. The van der Waals surface area contributed by atoms with Gasteiger partial charge in [0.25, 0.3) is 6.43 Å². The van der Waals surface area contributed by atoms with Gasteiger partial charge in [0, 0.05) is 23.3 Å². The van der Waals surface area contributed by atoms with Crippen LogP contribution in [0, 0.1) is 0 Å². The molecule has 0 aliphatic rings. The second-order valence-corrected chi connectivity index (χ2v) is 6.08. The molecule has 104 valence electrons. The van der Waals surface area contributed by atoms with Crippen LogP contribution in [0.1, 0.15) is 4.88 Å². The van der Waals surface area contributed by atoms with Gasteiger partial charge in [-0.25, -0.2) is 21.9 Å². The van der Waals surface area contributed by atoms with Gasteiger partial charge in [-0.2, -0.15) is 0 Å². The predicted octanol–water partition coefficient (Wildman–Crippen LogP) is 0.767. The van der Waals surface area contributed by atoms with Crippen LogP contribution in [0.2, 0.25) is 0 Å². The summed E-state index contributed by atoms with van der Waals surface area (Å²) in [6.45, 7) is -0.574. The first-order valence-electron chi connectivity index (χ1n) is 5.08. The predicted molar refractivity (Wildman–Crippen MR) is 64.2 cm³/mol. The molecule has 1 rings (SSSR count). The van der Waals surface area contributed by atoms with Gasteiger partial charge in [-0.05, 0) is 6.07 Å². The Kier molecular flexibility index (Phi) is 6.09. The minimum atomic E-state index is -3.61. The fourth-order valence-corrected chi connectivity index (χ4v) is 3.28. The van der Waals surface area contributed by atoms with Crippen LogP contribution in [-0.4, -0.2) is 34.6 Å². The van der Waals surface area contributed by atoms with E-state index in [-0.39, 0.29) is 24.6 Å². The fourth-order valence-electron chi connectivity index (χ4n) is 1.11. The summed E-state index contributed by atoms with van der Waals surface area (Å²) in [5.41, 5.74) is 5.38. The molecule has 1 aromatic rings. The molecular formula is C9H14F2N2O3S2. The van der Waals surface area contributed by atoms with Crippen LogP contribution in [0.25, 0.3) is 0 Å². The fraction of sp³-hybridized carbons (Fsp3) is 0.556. The zero-order valence-corrected chi connectivity index (χ0v) is 11.1. The summed E-state index contributed by atoms with van der Waals surface area (Å²) in [7, 11) is -3.61. The van der Waals surface area contributed by atoms with Gasteiger partial charge in [0.15, 0.2) is 0 Å². The van der Waals surface area contributed by atoms with Gasteiger partial charge in [0.2, 0.25) is 10.0 Å². The number of nitrogens with two attached hydrogens (primary N) is 1. The molecule has 0 saturated carbocycles. The quantitative estimate of drug-likeness (QED) is 0.695. The molecule has 9 heteroatoms. The summed E-state index contributed by atoms with van der Waals surface area (Å²) in [5.74, 6) is 0. The number of hydrogen-bond donors (Lipinski definition) is 2. The molecule has 0 amide bonds. The number of nitrogens with one attached hydrogen (secondary N) is 1. The van der Waals surface area contributed by atoms with Crippen molar-refractivity contribution in [3.8, 4) is 0 Å². The van der Waals surface area contributed by atoms with Gasteiger partial charge in [-0.3, -0.25) is 0 Å². The Morgan fingerprint density at radius 1 is 1.50 bits per heavy atom. The molecule has 0 fully saturated rings. The van der Waals surface area contributed by atoms with Crippen molar-refractivity contribution in [1.82, 2.24) is 4.72 Å². The maximum absolute atomic E-state index is 11.7. The van der Waals surface area contributed by atoms with E-state index in [1.54, 1.807) is 0 Å². The van der Waals surface area contributed by atoms with E-state index < -0.39 is 23.1 Å². The third-order valence-corrected chi connectivity index (χ3v) is 4.47. The van der Waals surface area contributed by atoms with Crippen LogP contribution < -0.4 is 10.5 Å². The van der Waals surface area contributed by atoms with Gasteiger partial charge < -0.3 is 10.5 Å². The van der Waals surface area contributed by atoms with E-state index in [1.165, 1.54) is 22.8 Å². The van der Waals surface area contributed by atoms with Crippen LogP contribution in [0.4, 0.5) is 8.78 Å². The van der Waals surface area contributed by atoms with Crippen molar-refractivity contribution in [2.75, 3.05) is 19.8 Å². The Labute approximate surface area is 108 Å². The number of sulfonamides is 1. The minimum absolute atomic E-state index is 0.0527. The Balaban J connectivity index is 2.40. The average Bonchev–Trinajstić information content (AvgIpc) is 2.77. The average molecular weight is 300 g/mol. The summed E-state index contributed by atoms with van der Waals surface area (Å²) < 4.78 is 53.7. The third kappa shape index (κ3) is 4.94. The van der Waals surface area contributed by atoms with E-state index in [0.717, 1.165) is 4.88 Å². The second kappa shape index (κ2) is 7.10. The number of ether oxygens (including phenoxy) is 1. The number of halogens is 2. The third-order valence-electron chi connectivity index (χ3n) is 1.92. The maximum atomic E-state index is 11.7. The Morgan fingerprint density at radius 2 is 2.22 bits per heavy atom. The second-order valence-electron chi connectivity index (χ2n) is 3.32. The van der Waals surface area contributed by atoms with Crippen molar-refractivity contribution in [3.05, 3.63) is 16.3 Å². The lowest BCUT2D eigenvalue weighted by Crippen LogP contribution is -2.27. The van der Waals surface area contributed by atoms with E-state index in [0.29, 0.717) is 0 Å². The lowest BCUT2D eigenvalue weighted by Gasteiger charge is -2.05. The number of rotatable bonds is 8. The van der Waals surface area contributed by atoms with Crippen LogP contribution in [0.3, 0.4) is 0 Å². The van der Waals surface area contributed by atoms with Gasteiger partial charge in [-0.15, -0.1) is 11.3 Å². The van der Waals surface area contributed by atoms with Crippen molar-refractivity contribution < 1.29 is 21.9 Å². The number of thiophene rings is 1. The van der Waals surface area contributed by atoms with Crippen LogP contribution in [-0.2, 0) is 21.3 Å². The SMILES string of the molecule is NCc1cc(S(=O)(=O)NCCOCC(F)F)cs1. The van der Waals surface area contributed by atoms with E-state index in [9.17, 15) is 17.2 Å². The molecule has 0 spiro atoms. The molecule has 0 aliphatic heterocycles. The summed E-state index contributed by atoms with van der Waals surface area (Å²) in [6, 6.07) is 1.48. The highest BCUT2D eigenvalue weighted by atomic mass is 32.2. The van der Waals surface area contributed by atoms with Crippen LogP contribution >= 0.6 is 11.3 Å². The molecule has 0 aromatic carbocycles. The maximum Gasteiger partial charge on any atom is 0.261 e. The van der Waals surface area contributed by atoms with E-state index in [2.05, 4.69) is 9.46 Å². The van der Waals surface area contributed by atoms with Crippen LogP contribution in [0.5, 0.6) is 0 Å². The van der Waals surface area contributed by atoms with Crippen molar-refractivity contribution in [2.24, 2.45) is 5.73 Å². The summed E-state index contributed by atoms with van der Waals surface area (Å²) in [4.78, 5) is 0.881. The first-order chi connectivity index (χ1) is 8.45. The van der Waals surface area contributed by atoms with Crippen molar-refractivity contribution in [1.29, 1.82) is 0 Å². The number of hydrogen-bond acceptors (Lipinski definition) is 5.